The summed E-state index contributed by atoms with van der Waals surface area (Å²) in [5, 5.41) is 8.84. The summed E-state index contributed by atoms with van der Waals surface area (Å²) in [7, 11) is 1.21. The fraction of sp³-hybridized carbons (Fsp3) is 0.214. The summed E-state index contributed by atoms with van der Waals surface area (Å²) in [6, 6.07) is 7.27. The Bertz CT molecular complexity index is 686. The van der Waals surface area contributed by atoms with Crippen LogP contribution in [0, 0.1) is 0 Å². The normalized spacial score (nSPS) is 10.4. The number of aromatic nitrogens is 2. The standard InChI is InChI=1S/C14H13F2N3O4/c1-22-12(20)7-17-13(21)11-6-10(18-19-11)8-2-4-9(5-3-8)23-14(15)16/h2-6,14H,7H2,1H3,(H,17,21)(H,18,19). The second kappa shape index (κ2) is 7.34. The van der Waals surface area contributed by atoms with E-state index in [1.807, 2.05) is 0 Å². The first-order chi connectivity index (χ1) is 11.0. The molecule has 2 rings (SSSR count). The number of H-pyrrole nitrogens is 1. The smallest absolute Gasteiger partial charge is 0.387 e. The van der Waals surface area contributed by atoms with Crippen molar-refractivity contribution < 1.29 is 27.8 Å². The minimum atomic E-state index is -2.89. The molecule has 0 spiro atoms. The number of amides is 1. The molecule has 0 bridgehead atoms. The Morgan fingerprint density at radius 2 is 2.00 bits per heavy atom. The number of hydrogen-bond acceptors (Lipinski definition) is 5. The number of carbonyl (C=O) groups excluding carboxylic acids is 2. The van der Waals surface area contributed by atoms with E-state index < -0.39 is 18.5 Å². The molecular weight excluding hydrogens is 312 g/mol. The van der Waals surface area contributed by atoms with Crippen molar-refractivity contribution in [3.63, 3.8) is 0 Å². The van der Waals surface area contributed by atoms with Crippen LogP contribution < -0.4 is 10.1 Å². The number of carbonyl (C=O) groups is 2. The van der Waals surface area contributed by atoms with Gasteiger partial charge in [0.05, 0.1) is 12.8 Å². The Balaban J connectivity index is 2.03. The first kappa shape index (κ1) is 16.4. The van der Waals surface area contributed by atoms with Gasteiger partial charge in [-0.3, -0.25) is 14.7 Å². The number of benzene rings is 1. The van der Waals surface area contributed by atoms with Gasteiger partial charge in [-0.1, -0.05) is 0 Å². The van der Waals surface area contributed by atoms with Crippen molar-refractivity contribution in [1.29, 1.82) is 0 Å². The predicted octanol–water partition coefficient (Wildman–Crippen LogP) is 1.58. The third-order valence-electron chi connectivity index (χ3n) is 2.82. The first-order valence-electron chi connectivity index (χ1n) is 6.45. The van der Waals surface area contributed by atoms with Crippen LogP contribution in [0.1, 0.15) is 10.5 Å². The number of hydrogen-bond donors (Lipinski definition) is 2. The van der Waals surface area contributed by atoms with Crippen LogP contribution in [-0.2, 0) is 9.53 Å². The summed E-state index contributed by atoms with van der Waals surface area (Å²) in [5.41, 5.74) is 1.20. The number of aromatic amines is 1. The Morgan fingerprint density at radius 1 is 1.30 bits per heavy atom. The minimum absolute atomic E-state index is 0.0235. The summed E-state index contributed by atoms with van der Waals surface area (Å²) >= 11 is 0. The fourth-order valence-electron chi connectivity index (χ4n) is 1.71. The zero-order valence-electron chi connectivity index (χ0n) is 12.0. The van der Waals surface area contributed by atoms with E-state index in [4.69, 9.17) is 0 Å². The van der Waals surface area contributed by atoms with E-state index in [1.54, 1.807) is 0 Å². The molecule has 9 heteroatoms. The van der Waals surface area contributed by atoms with Crippen molar-refractivity contribution in [3.8, 4) is 17.0 Å². The molecule has 0 radical (unpaired) electrons. The Hall–Kier alpha value is -2.97. The van der Waals surface area contributed by atoms with Crippen molar-refractivity contribution in [2.45, 2.75) is 6.61 Å². The largest absolute Gasteiger partial charge is 0.468 e. The number of esters is 1. The Morgan fingerprint density at radius 3 is 2.61 bits per heavy atom. The molecule has 7 nitrogen and oxygen atoms in total. The highest BCUT2D eigenvalue weighted by molar-refractivity contribution is 5.95. The van der Waals surface area contributed by atoms with Crippen molar-refractivity contribution in [2.75, 3.05) is 13.7 Å². The van der Waals surface area contributed by atoms with Gasteiger partial charge in [0.15, 0.2) is 0 Å². The van der Waals surface area contributed by atoms with Crippen LogP contribution in [0.4, 0.5) is 8.78 Å². The molecular formula is C14H13F2N3O4. The van der Waals surface area contributed by atoms with E-state index in [9.17, 15) is 18.4 Å². The average molecular weight is 325 g/mol. The second-order valence-corrected chi connectivity index (χ2v) is 4.33. The van der Waals surface area contributed by atoms with E-state index in [1.165, 1.54) is 37.4 Å². The quantitative estimate of drug-likeness (QED) is 0.787. The maximum atomic E-state index is 12.1. The highest BCUT2D eigenvalue weighted by Crippen LogP contribution is 2.22. The molecule has 0 saturated heterocycles. The van der Waals surface area contributed by atoms with Gasteiger partial charge in [0.25, 0.3) is 5.91 Å². The average Bonchev–Trinajstić information content (AvgIpc) is 3.02. The van der Waals surface area contributed by atoms with Gasteiger partial charge < -0.3 is 14.8 Å². The predicted molar refractivity (Wildman–Crippen MR) is 75.0 cm³/mol. The zero-order valence-corrected chi connectivity index (χ0v) is 12.0. The van der Waals surface area contributed by atoms with Gasteiger partial charge in [0.1, 0.15) is 18.0 Å². The van der Waals surface area contributed by atoms with Crippen LogP contribution in [0.25, 0.3) is 11.3 Å². The molecule has 0 aliphatic heterocycles. The van der Waals surface area contributed by atoms with Crippen molar-refractivity contribution >= 4 is 11.9 Å². The Labute approximate surface area is 129 Å². The summed E-state index contributed by atoms with van der Waals surface area (Å²) in [5.74, 6) is -1.07. The van der Waals surface area contributed by atoms with Crippen LogP contribution >= 0.6 is 0 Å². The van der Waals surface area contributed by atoms with Crippen molar-refractivity contribution in [2.24, 2.45) is 0 Å². The monoisotopic (exact) mass is 325 g/mol. The summed E-state index contributed by atoms with van der Waals surface area (Å²) in [6.45, 7) is -3.15. The van der Waals surface area contributed by atoms with Gasteiger partial charge in [0, 0.05) is 5.56 Å². The van der Waals surface area contributed by atoms with E-state index >= 15 is 0 Å². The molecule has 0 aliphatic carbocycles. The number of nitrogens with zero attached hydrogens (tertiary/aromatic N) is 1. The molecule has 23 heavy (non-hydrogen) atoms. The van der Waals surface area contributed by atoms with Gasteiger partial charge >= 0.3 is 12.6 Å². The summed E-state index contributed by atoms with van der Waals surface area (Å²) in [4.78, 5) is 22.7. The fourth-order valence-corrected chi connectivity index (χ4v) is 1.71. The lowest BCUT2D eigenvalue weighted by Crippen LogP contribution is -2.30. The van der Waals surface area contributed by atoms with Gasteiger partial charge in [-0.15, -0.1) is 0 Å². The van der Waals surface area contributed by atoms with Crippen LogP contribution in [0.15, 0.2) is 30.3 Å². The molecule has 1 heterocycles. The maximum Gasteiger partial charge on any atom is 0.387 e. The molecule has 0 aliphatic rings. The SMILES string of the molecule is COC(=O)CNC(=O)c1cc(-c2ccc(OC(F)F)cc2)n[nH]1. The number of nitrogens with one attached hydrogen (secondary N) is 2. The number of alkyl halides is 2. The summed E-state index contributed by atoms with van der Waals surface area (Å²) < 4.78 is 32.8. The lowest BCUT2D eigenvalue weighted by atomic mass is 10.1. The Kier molecular flexibility index (Phi) is 5.23. The highest BCUT2D eigenvalue weighted by atomic mass is 19.3. The first-order valence-corrected chi connectivity index (χ1v) is 6.45. The molecule has 0 fully saturated rings. The highest BCUT2D eigenvalue weighted by Gasteiger charge is 2.12. The topological polar surface area (TPSA) is 93.3 Å². The molecule has 1 amide bonds. The molecule has 1 aromatic heterocycles. The van der Waals surface area contributed by atoms with Crippen LogP contribution in [-0.4, -0.2) is 42.3 Å². The molecule has 2 N–H and O–H groups in total. The third-order valence-corrected chi connectivity index (χ3v) is 2.82. The molecule has 0 unspecified atom stereocenters. The molecule has 122 valence electrons. The lowest BCUT2D eigenvalue weighted by Gasteiger charge is -2.04. The van der Waals surface area contributed by atoms with Gasteiger partial charge in [-0.25, -0.2) is 0 Å². The van der Waals surface area contributed by atoms with Crippen molar-refractivity contribution in [3.05, 3.63) is 36.0 Å². The number of ether oxygens (including phenoxy) is 2. The van der Waals surface area contributed by atoms with Gasteiger partial charge in [0.2, 0.25) is 0 Å². The van der Waals surface area contributed by atoms with Gasteiger partial charge in [-0.05, 0) is 30.3 Å². The zero-order chi connectivity index (χ0) is 16.8. The number of halogens is 2. The van der Waals surface area contributed by atoms with Crippen LogP contribution in [0.5, 0.6) is 5.75 Å². The van der Waals surface area contributed by atoms with Crippen molar-refractivity contribution in [1.82, 2.24) is 15.5 Å². The van der Waals surface area contributed by atoms with Crippen LogP contribution in [0.3, 0.4) is 0 Å². The second-order valence-electron chi connectivity index (χ2n) is 4.33. The van der Waals surface area contributed by atoms with E-state index in [0.29, 0.717) is 11.3 Å². The van der Waals surface area contributed by atoms with Crippen LogP contribution in [0.2, 0.25) is 0 Å². The van der Waals surface area contributed by atoms with Gasteiger partial charge in [-0.2, -0.15) is 13.9 Å². The van der Waals surface area contributed by atoms with E-state index in [-0.39, 0.29) is 18.0 Å². The minimum Gasteiger partial charge on any atom is -0.468 e. The molecule has 0 saturated carbocycles. The van der Waals surface area contributed by atoms with E-state index in [0.717, 1.165) is 0 Å². The van der Waals surface area contributed by atoms with E-state index in [2.05, 4.69) is 25.0 Å². The summed E-state index contributed by atoms with van der Waals surface area (Å²) in [6.07, 6.45) is 0. The number of rotatable bonds is 6. The maximum absolute atomic E-state index is 12.1. The third kappa shape index (κ3) is 4.50. The lowest BCUT2D eigenvalue weighted by molar-refractivity contribution is -0.139. The molecule has 1 aromatic carbocycles. The molecule has 0 atom stereocenters. The number of methoxy groups -OCH3 is 1. The molecule has 2 aromatic rings.